The lowest BCUT2D eigenvalue weighted by molar-refractivity contribution is 0.101. The molecule has 0 bridgehead atoms. The maximum atomic E-state index is 12.8. The lowest BCUT2D eigenvalue weighted by Crippen LogP contribution is -2.35. The molecule has 3 rings (SSSR count). The molecule has 0 unspecified atom stereocenters. The average Bonchev–Trinajstić information content (AvgIpc) is 2.93. The number of carbonyl (C=O) groups excluding carboxylic acids is 1. The zero-order chi connectivity index (χ0) is 19.6. The Balaban J connectivity index is 1.86. The molecule has 1 aromatic carbocycles. The zero-order valence-electron chi connectivity index (χ0n) is 14.7. The molecule has 27 heavy (non-hydrogen) atoms. The van der Waals surface area contributed by atoms with Gasteiger partial charge in [-0.05, 0) is 43.7 Å². The first-order valence-corrected chi connectivity index (χ1v) is 11.0. The molecule has 0 radical (unpaired) electrons. The first kappa shape index (κ1) is 19.8. The number of rotatable bonds is 4. The predicted molar refractivity (Wildman–Crippen MR) is 106 cm³/mol. The van der Waals surface area contributed by atoms with Crippen molar-refractivity contribution in [1.29, 1.82) is 5.26 Å². The Morgan fingerprint density at radius 2 is 1.96 bits per heavy atom. The third kappa shape index (κ3) is 4.17. The van der Waals surface area contributed by atoms with Crippen LogP contribution in [0.5, 0.6) is 0 Å². The van der Waals surface area contributed by atoms with E-state index in [0.717, 1.165) is 11.3 Å². The van der Waals surface area contributed by atoms with Crippen LogP contribution in [0, 0.1) is 11.3 Å². The molecule has 0 atom stereocenters. The standard InChI is InChI=1S/C18H18ClN3O3S2/c1-13(23)15-4-3-14(12-20)11-16(15)21-7-2-8-22(10-9-21)27(24,25)18-6-5-17(19)26-18/h3-6,11H,2,7-10H2,1H3. The summed E-state index contributed by atoms with van der Waals surface area (Å²) in [6.45, 7) is 3.22. The summed E-state index contributed by atoms with van der Waals surface area (Å²) in [7, 11) is -3.59. The Hall–Kier alpha value is -1.92. The lowest BCUT2D eigenvalue weighted by Gasteiger charge is -2.25. The van der Waals surface area contributed by atoms with Crippen LogP contribution in [0.2, 0.25) is 4.34 Å². The molecule has 2 heterocycles. The van der Waals surface area contributed by atoms with E-state index in [1.165, 1.54) is 17.3 Å². The number of thiophene rings is 1. The Bertz CT molecular complexity index is 1010. The first-order valence-electron chi connectivity index (χ1n) is 8.38. The minimum Gasteiger partial charge on any atom is -0.370 e. The highest BCUT2D eigenvalue weighted by atomic mass is 35.5. The smallest absolute Gasteiger partial charge is 0.252 e. The zero-order valence-corrected chi connectivity index (χ0v) is 17.1. The highest BCUT2D eigenvalue weighted by molar-refractivity contribution is 7.91. The Morgan fingerprint density at radius 1 is 1.19 bits per heavy atom. The van der Waals surface area contributed by atoms with Gasteiger partial charge in [-0.3, -0.25) is 4.79 Å². The molecular weight excluding hydrogens is 406 g/mol. The molecule has 0 spiro atoms. The number of anilines is 1. The second kappa shape index (κ2) is 7.98. The van der Waals surface area contributed by atoms with Crippen LogP contribution in [0.4, 0.5) is 5.69 Å². The number of Topliss-reactive ketones (excluding diaryl/α,β-unsaturated/α-hetero) is 1. The van der Waals surface area contributed by atoms with Crippen molar-refractivity contribution in [3.05, 3.63) is 45.8 Å². The van der Waals surface area contributed by atoms with Crippen LogP contribution < -0.4 is 4.90 Å². The van der Waals surface area contributed by atoms with Crippen LogP contribution in [-0.4, -0.2) is 44.7 Å². The van der Waals surface area contributed by atoms with E-state index in [4.69, 9.17) is 11.6 Å². The Kier molecular flexibility index (Phi) is 5.86. The van der Waals surface area contributed by atoms with Crippen LogP contribution in [0.25, 0.3) is 0 Å². The van der Waals surface area contributed by atoms with E-state index in [9.17, 15) is 18.5 Å². The monoisotopic (exact) mass is 423 g/mol. The summed E-state index contributed by atoms with van der Waals surface area (Å²) in [5.74, 6) is -0.0866. The van der Waals surface area contributed by atoms with Gasteiger partial charge in [-0.2, -0.15) is 9.57 Å². The number of halogens is 1. The number of hydrogen-bond acceptors (Lipinski definition) is 6. The van der Waals surface area contributed by atoms with Gasteiger partial charge in [0, 0.05) is 37.4 Å². The average molecular weight is 424 g/mol. The summed E-state index contributed by atoms with van der Waals surface area (Å²) in [5.41, 5.74) is 1.69. The number of sulfonamides is 1. The van der Waals surface area contributed by atoms with E-state index in [1.807, 2.05) is 4.90 Å². The second-order valence-electron chi connectivity index (χ2n) is 6.20. The van der Waals surface area contributed by atoms with Gasteiger partial charge in [0.25, 0.3) is 10.0 Å². The number of hydrogen-bond donors (Lipinski definition) is 0. The molecule has 1 aliphatic heterocycles. The summed E-state index contributed by atoms with van der Waals surface area (Å²) < 4.78 is 27.8. The SMILES string of the molecule is CC(=O)c1ccc(C#N)cc1N1CCCN(S(=O)(=O)c2ccc(Cl)s2)CC1. The molecule has 9 heteroatoms. The second-order valence-corrected chi connectivity index (χ2v) is 10.1. The van der Waals surface area contributed by atoms with Crippen molar-refractivity contribution in [2.24, 2.45) is 0 Å². The molecule has 1 fully saturated rings. The number of ketones is 1. The minimum atomic E-state index is -3.59. The normalized spacial score (nSPS) is 16.0. The third-order valence-corrected chi connectivity index (χ3v) is 8.04. The lowest BCUT2D eigenvalue weighted by atomic mass is 10.1. The van der Waals surface area contributed by atoms with Gasteiger partial charge in [0.15, 0.2) is 5.78 Å². The van der Waals surface area contributed by atoms with Crippen molar-refractivity contribution in [2.75, 3.05) is 31.1 Å². The van der Waals surface area contributed by atoms with Gasteiger partial charge in [-0.25, -0.2) is 8.42 Å². The van der Waals surface area contributed by atoms with Crippen molar-refractivity contribution in [3.63, 3.8) is 0 Å². The molecule has 1 aromatic heterocycles. The molecule has 1 saturated heterocycles. The maximum absolute atomic E-state index is 12.8. The van der Waals surface area contributed by atoms with Gasteiger partial charge in [-0.1, -0.05) is 11.6 Å². The van der Waals surface area contributed by atoms with Crippen LogP contribution in [-0.2, 0) is 10.0 Å². The number of nitriles is 1. The van der Waals surface area contributed by atoms with Crippen molar-refractivity contribution < 1.29 is 13.2 Å². The Morgan fingerprint density at radius 3 is 2.59 bits per heavy atom. The van der Waals surface area contributed by atoms with Crippen LogP contribution >= 0.6 is 22.9 Å². The number of nitrogens with zero attached hydrogens (tertiary/aromatic N) is 3. The van der Waals surface area contributed by atoms with Gasteiger partial charge >= 0.3 is 0 Å². The first-order chi connectivity index (χ1) is 12.8. The highest BCUT2D eigenvalue weighted by Gasteiger charge is 2.29. The molecule has 0 N–H and O–H groups in total. The molecular formula is C18H18ClN3O3S2. The molecule has 0 aliphatic carbocycles. The van der Waals surface area contributed by atoms with Gasteiger partial charge < -0.3 is 4.90 Å². The quantitative estimate of drug-likeness (QED) is 0.704. The molecule has 1 aliphatic rings. The number of benzene rings is 1. The van der Waals surface area contributed by atoms with Crippen molar-refractivity contribution in [1.82, 2.24) is 4.31 Å². The van der Waals surface area contributed by atoms with Crippen LogP contribution in [0.15, 0.2) is 34.5 Å². The fourth-order valence-electron chi connectivity index (χ4n) is 3.10. The molecule has 0 saturated carbocycles. The topological polar surface area (TPSA) is 81.5 Å². The van der Waals surface area contributed by atoms with Crippen LogP contribution in [0.3, 0.4) is 0 Å². The fourth-order valence-corrected chi connectivity index (χ4v) is 6.21. The van der Waals surface area contributed by atoms with E-state index < -0.39 is 10.0 Å². The summed E-state index contributed by atoms with van der Waals surface area (Å²) >= 11 is 6.93. The van der Waals surface area contributed by atoms with E-state index in [1.54, 1.807) is 24.3 Å². The summed E-state index contributed by atoms with van der Waals surface area (Å²) in [4.78, 5) is 14.0. The minimum absolute atomic E-state index is 0.0866. The van der Waals surface area contributed by atoms with Gasteiger partial charge in [0.05, 0.1) is 16.0 Å². The highest BCUT2D eigenvalue weighted by Crippen LogP contribution is 2.30. The van der Waals surface area contributed by atoms with E-state index >= 15 is 0 Å². The summed E-state index contributed by atoms with van der Waals surface area (Å²) in [6.07, 6.45) is 0.618. The van der Waals surface area contributed by atoms with Gasteiger partial charge in [0.1, 0.15) is 4.21 Å². The van der Waals surface area contributed by atoms with E-state index in [2.05, 4.69) is 6.07 Å². The van der Waals surface area contributed by atoms with Crippen LogP contribution in [0.1, 0.15) is 29.3 Å². The molecule has 142 valence electrons. The van der Waals surface area contributed by atoms with Crippen molar-refractivity contribution in [3.8, 4) is 6.07 Å². The molecule has 0 amide bonds. The fraction of sp³-hybridized carbons (Fsp3) is 0.333. The van der Waals surface area contributed by atoms with E-state index in [-0.39, 0.29) is 9.99 Å². The van der Waals surface area contributed by atoms with Gasteiger partial charge in [-0.15, -0.1) is 11.3 Å². The third-order valence-electron chi connectivity index (χ3n) is 4.44. The molecule has 6 nitrogen and oxygen atoms in total. The van der Waals surface area contributed by atoms with Crippen molar-refractivity contribution in [2.45, 2.75) is 17.6 Å². The van der Waals surface area contributed by atoms with Gasteiger partial charge in [0.2, 0.25) is 0 Å². The van der Waals surface area contributed by atoms with Crippen molar-refractivity contribution >= 4 is 44.4 Å². The predicted octanol–water partition coefficient (Wildman–Crippen LogP) is 3.38. The van der Waals surface area contributed by atoms with E-state index in [0.29, 0.717) is 53.8 Å². The summed E-state index contributed by atoms with van der Waals surface area (Å²) in [6, 6.07) is 10.2. The largest absolute Gasteiger partial charge is 0.370 e. The molecule has 2 aromatic rings. The maximum Gasteiger partial charge on any atom is 0.252 e. The Labute approximate surface area is 167 Å². The number of carbonyl (C=O) groups is 1. The summed E-state index contributed by atoms with van der Waals surface area (Å²) in [5, 5.41) is 9.17.